The molecule has 0 fully saturated rings. The number of carboxylic acids is 1. The van der Waals surface area contributed by atoms with E-state index >= 15 is 0 Å². The molecule has 0 saturated carbocycles. The van der Waals surface area contributed by atoms with Gasteiger partial charge >= 0.3 is 5.97 Å². The molecule has 1 heterocycles. The van der Waals surface area contributed by atoms with Crippen molar-refractivity contribution in [2.24, 2.45) is 0 Å². The summed E-state index contributed by atoms with van der Waals surface area (Å²) in [4.78, 5) is 10.1. The Balaban J connectivity index is 2.29. The fourth-order valence-electron chi connectivity index (χ4n) is 0.685. The van der Waals surface area contributed by atoms with Crippen molar-refractivity contribution >= 4 is 5.97 Å². The molecule has 0 atom stereocenters. The first-order valence-electron chi connectivity index (χ1n) is 3.40. The Morgan fingerprint density at radius 1 is 1.67 bits per heavy atom. The minimum Gasteiger partial charge on any atom is -0.480 e. The molecule has 0 amide bonds. The van der Waals surface area contributed by atoms with Gasteiger partial charge in [-0.25, -0.2) is 0 Å². The van der Waals surface area contributed by atoms with Crippen LogP contribution < -0.4 is 5.32 Å². The molecule has 2 N–H and O–H groups in total. The Labute approximate surface area is 68.6 Å². The number of rotatable bonds is 4. The second kappa shape index (κ2) is 3.82. The minimum absolute atomic E-state index is 0.110. The fourth-order valence-corrected chi connectivity index (χ4v) is 0.685. The van der Waals surface area contributed by atoms with Crippen LogP contribution in [0.15, 0.2) is 4.42 Å². The van der Waals surface area contributed by atoms with E-state index in [9.17, 15) is 4.79 Å². The van der Waals surface area contributed by atoms with E-state index in [4.69, 9.17) is 9.52 Å². The highest BCUT2D eigenvalue weighted by Gasteiger charge is 2.01. The normalized spacial score (nSPS) is 10.1. The lowest BCUT2D eigenvalue weighted by Gasteiger charge is -1.94. The number of hydrogen-bond donors (Lipinski definition) is 2. The van der Waals surface area contributed by atoms with E-state index in [1.807, 2.05) is 0 Å². The van der Waals surface area contributed by atoms with Gasteiger partial charge in [0.1, 0.15) is 0 Å². The van der Waals surface area contributed by atoms with Gasteiger partial charge in [-0.1, -0.05) is 0 Å². The van der Waals surface area contributed by atoms with Crippen molar-refractivity contribution in [2.75, 3.05) is 6.54 Å². The Bertz CT molecular complexity index is 271. The number of aryl methyl sites for hydroxylation is 1. The van der Waals surface area contributed by atoms with Gasteiger partial charge in [0.05, 0.1) is 13.1 Å². The lowest BCUT2D eigenvalue weighted by atomic mass is 10.6. The van der Waals surface area contributed by atoms with Gasteiger partial charge in [-0.2, -0.15) is 0 Å². The lowest BCUT2D eigenvalue weighted by molar-refractivity contribution is -0.136. The predicted octanol–water partition coefficient (Wildman–Crippen LogP) is -0.448. The Hall–Kier alpha value is -1.43. The van der Waals surface area contributed by atoms with Crippen LogP contribution in [0.5, 0.6) is 0 Å². The first kappa shape index (κ1) is 8.66. The Morgan fingerprint density at radius 2 is 2.42 bits per heavy atom. The molecule has 0 spiro atoms. The van der Waals surface area contributed by atoms with Gasteiger partial charge in [-0.3, -0.25) is 10.1 Å². The second-order valence-corrected chi connectivity index (χ2v) is 2.21. The Kier molecular flexibility index (Phi) is 2.76. The summed E-state index contributed by atoms with van der Waals surface area (Å²) in [7, 11) is 0. The summed E-state index contributed by atoms with van der Waals surface area (Å²) in [5, 5.41) is 18.1. The molecule has 6 nitrogen and oxygen atoms in total. The summed E-state index contributed by atoms with van der Waals surface area (Å²) >= 11 is 0. The van der Waals surface area contributed by atoms with Crippen molar-refractivity contribution in [2.45, 2.75) is 13.5 Å². The first-order valence-corrected chi connectivity index (χ1v) is 3.40. The standard InChI is InChI=1S/C6H9N3O3/c1-4-8-9-5(12-4)2-7-3-6(10)11/h7H,2-3H2,1H3,(H,10,11). The minimum atomic E-state index is -0.911. The molecular formula is C6H9N3O3. The van der Waals surface area contributed by atoms with Crippen LogP contribution in [0.4, 0.5) is 0 Å². The van der Waals surface area contributed by atoms with E-state index in [0.29, 0.717) is 11.8 Å². The molecule has 0 aromatic carbocycles. The highest BCUT2D eigenvalue weighted by Crippen LogP contribution is 1.95. The van der Waals surface area contributed by atoms with E-state index < -0.39 is 5.97 Å². The molecule has 0 aliphatic heterocycles. The van der Waals surface area contributed by atoms with E-state index in [0.717, 1.165) is 0 Å². The Morgan fingerprint density at radius 3 is 2.92 bits per heavy atom. The van der Waals surface area contributed by atoms with Crippen LogP contribution in [0.25, 0.3) is 0 Å². The largest absolute Gasteiger partial charge is 0.480 e. The fraction of sp³-hybridized carbons (Fsp3) is 0.500. The summed E-state index contributed by atoms with van der Waals surface area (Å²) in [6.45, 7) is 1.85. The second-order valence-electron chi connectivity index (χ2n) is 2.21. The maximum atomic E-state index is 10.1. The first-order chi connectivity index (χ1) is 5.68. The molecule has 0 aliphatic rings. The summed E-state index contributed by atoms with van der Waals surface area (Å²) in [5.74, 6) is -0.0397. The maximum Gasteiger partial charge on any atom is 0.317 e. The third-order valence-electron chi connectivity index (χ3n) is 1.12. The topological polar surface area (TPSA) is 88.2 Å². The molecule has 66 valence electrons. The summed E-state index contributed by atoms with van der Waals surface area (Å²) in [5.41, 5.74) is 0. The van der Waals surface area contributed by atoms with Crippen LogP contribution >= 0.6 is 0 Å². The van der Waals surface area contributed by atoms with Crippen molar-refractivity contribution in [1.82, 2.24) is 15.5 Å². The van der Waals surface area contributed by atoms with Crippen molar-refractivity contribution in [1.29, 1.82) is 0 Å². The van der Waals surface area contributed by atoms with E-state index in [2.05, 4.69) is 15.5 Å². The number of aliphatic carboxylic acids is 1. The zero-order chi connectivity index (χ0) is 8.97. The molecule has 12 heavy (non-hydrogen) atoms. The number of carbonyl (C=O) groups is 1. The summed E-state index contributed by atoms with van der Waals surface area (Å²) in [6, 6.07) is 0. The molecule has 0 saturated heterocycles. The zero-order valence-electron chi connectivity index (χ0n) is 6.57. The van der Waals surface area contributed by atoms with Gasteiger partial charge < -0.3 is 9.52 Å². The number of hydrogen-bond acceptors (Lipinski definition) is 5. The van der Waals surface area contributed by atoms with Gasteiger partial charge in [-0.15, -0.1) is 10.2 Å². The molecule has 0 bridgehead atoms. The van der Waals surface area contributed by atoms with Crippen LogP contribution in [-0.2, 0) is 11.3 Å². The highest BCUT2D eigenvalue weighted by molar-refractivity contribution is 5.68. The van der Waals surface area contributed by atoms with Crippen molar-refractivity contribution in [3.63, 3.8) is 0 Å². The average Bonchev–Trinajstić information content (AvgIpc) is 2.35. The monoisotopic (exact) mass is 171 g/mol. The average molecular weight is 171 g/mol. The summed E-state index contributed by atoms with van der Waals surface area (Å²) < 4.78 is 4.99. The quantitative estimate of drug-likeness (QED) is 0.638. The van der Waals surface area contributed by atoms with Gasteiger partial charge in [-0.05, 0) is 0 Å². The molecule has 6 heteroatoms. The number of nitrogens with zero attached hydrogens (tertiary/aromatic N) is 2. The highest BCUT2D eigenvalue weighted by atomic mass is 16.4. The third-order valence-corrected chi connectivity index (χ3v) is 1.12. The molecular weight excluding hydrogens is 162 g/mol. The van der Waals surface area contributed by atoms with Crippen molar-refractivity contribution < 1.29 is 14.3 Å². The third kappa shape index (κ3) is 2.67. The number of nitrogens with one attached hydrogen (secondary N) is 1. The molecule has 0 aliphatic carbocycles. The molecule has 0 unspecified atom stereocenters. The summed E-state index contributed by atoms with van der Waals surface area (Å²) in [6.07, 6.45) is 0. The van der Waals surface area contributed by atoms with E-state index in [1.165, 1.54) is 0 Å². The van der Waals surface area contributed by atoms with Crippen LogP contribution in [0.1, 0.15) is 11.8 Å². The smallest absolute Gasteiger partial charge is 0.317 e. The van der Waals surface area contributed by atoms with Crippen LogP contribution in [0, 0.1) is 6.92 Å². The molecule has 1 rings (SSSR count). The number of aromatic nitrogens is 2. The van der Waals surface area contributed by atoms with Gasteiger partial charge in [0.2, 0.25) is 11.8 Å². The number of carboxylic acid groups (broad SMARTS) is 1. The van der Waals surface area contributed by atoms with Crippen molar-refractivity contribution in [3.8, 4) is 0 Å². The zero-order valence-corrected chi connectivity index (χ0v) is 6.57. The molecule has 0 radical (unpaired) electrons. The molecule has 1 aromatic heterocycles. The van der Waals surface area contributed by atoms with Gasteiger partial charge in [0.15, 0.2) is 0 Å². The van der Waals surface area contributed by atoms with Crippen molar-refractivity contribution in [3.05, 3.63) is 11.8 Å². The van der Waals surface area contributed by atoms with Gasteiger partial charge in [0, 0.05) is 6.92 Å². The molecule has 1 aromatic rings. The van der Waals surface area contributed by atoms with E-state index in [-0.39, 0.29) is 13.1 Å². The van der Waals surface area contributed by atoms with E-state index in [1.54, 1.807) is 6.92 Å². The predicted molar refractivity (Wildman–Crippen MR) is 38.4 cm³/mol. The van der Waals surface area contributed by atoms with Crippen LogP contribution in [0.3, 0.4) is 0 Å². The maximum absolute atomic E-state index is 10.1. The van der Waals surface area contributed by atoms with Gasteiger partial charge in [0.25, 0.3) is 0 Å². The lowest BCUT2D eigenvalue weighted by Crippen LogP contribution is -2.21. The SMILES string of the molecule is Cc1nnc(CNCC(=O)O)o1. The van der Waals surface area contributed by atoms with Crippen LogP contribution in [-0.4, -0.2) is 27.8 Å². The van der Waals surface area contributed by atoms with Crippen LogP contribution in [0.2, 0.25) is 0 Å².